The van der Waals surface area contributed by atoms with Gasteiger partial charge < -0.3 is 15.1 Å². The van der Waals surface area contributed by atoms with Crippen molar-refractivity contribution >= 4 is 24.7 Å². The van der Waals surface area contributed by atoms with Gasteiger partial charge in [-0.15, -0.1) is 17.8 Å². The molecule has 0 bridgehead atoms. The van der Waals surface area contributed by atoms with Crippen LogP contribution in [0.25, 0.3) is 21.7 Å². The highest BCUT2D eigenvalue weighted by Crippen LogP contribution is 2.64. The van der Waals surface area contributed by atoms with E-state index in [1.165, 1.54) is 35.6 Å². The fourth-order valence-electron chi connectivity index (χ4n) is 3.92. The molecule has 0 amide bonds. The number of hydrogen-bond acceptors (Lipinski definition) is 5. The van der Waals surface area contributed by atoms with Gasteiger partial charge in [-0.05, 0) is 59.3 Å². The molecule has 0 spiro atoms. The zero-order valence-corrected chi connectivity index (χ0v) is 19.9. The first-order valence-corrected chi connectivity index (χ1v) is 12.6. The van der Waals surface area contributed by atoms with Crippen molar-refractivity contribution in [3.05, 3.63) is 64.9 Å². The Balaban J connectivity index is 2.60. The molecule has 3 aromatic rings. The highest BCUT2D eigenvalue weighted by atomic mass is 32.1. The number of pyridine rings is 1. The molecular formula is C24H23FNO5PS. The van der Waals surface area contributed by atoms with E-state index in [2.05, 4.69) is 4.98 Å². The molecule has 1 aromatic carbocycles. The summed E-state index contributed by atoms with van der Waals surface area (Å²) in [6.45, 7) is 4.62. The van der Waals surface area contributed by atoms with E-state index in [4.69, 9.17) is 6.42 Å². The maximum Gasteiger partial charge on any atom is 0.327 e. The molecule has 3 N–H and O–H groups in total. The van der Waals surface area contributed by atoms with Crippen LogP contribution in [-0.4, -0.2) is 32.2 Å². The van der Waals surface area contributed by atoms with Gasteiger partial charge in [0.2, 0.25) is 5.16 Å². The van der Waals surface area contributed by atoms with Crippen LogP contribution in [0.4, 0.5) is 4.39 Å². The lowest BCUT2D eigenvalue weighted by Gasteiger charge is -2.37. The number of carboxylic acid groups (broad SMARTS) is 1. The second kappa shape index (κ2) is 9.20. The van der Waals surface area contributed by atoms with Crippen LogP contribution in [0.2, 0.25) is 0 Å². The number of rotatable bonds is 7. The monoisotopic (exact) mass is 487 g/mol. The fourth-order valence-corrected chi connectivity index (χ4v) is 6.12. The van der Waals surface area contributed by atoms with Crippen molar-refractivity contribution in [1.82, 2.24) is 4.98 Å². The molecule has 3 atom stereocenters. The maximum absolute atomic E-state index is 13.7. The van der Waals surface area contributed by atoms with E-state index in [1.807, 2.05) is 17.5 Å². The number of carbonyl (C=O) groups is 1. The number of benzene rings is 1. The van der Waals surface area contributed by atoms with Crippen LogP contribution in [0.3, 0.4) is 0 Å². The third kappa shape index (κ3) is 4.14. The van der Waals surface area contributed by atoms with E-state index >= 15 is 0 Å². The maximum atomic E-state index is 13.7. The van der Waals surface area contributed by atoms with E-state index in [1.54, 1.807) is 25.6 Å². The van der Waals surface area contributed by atoms with Gasteiger partial charge in [0.05, 0.1) is 16.7 Å². The topological polar surface area (TPSA) is 108 Å². The van der Waals surface area contributed by atoms with Crippen molar-refractivity contribution < 1.29 is 28.9 Å². The number of aromatic nitrogens is 1. The molecule has 0 saturated heterocycles. The lowest BCUT2D eigenvalue weighted by molar-refractivity contribution is -0.143. The van der Waals surface area contributed by atoms with Crippen LogP contribution in [-0.2, 0) is 14.5 Å². The minimum absolute atomic E-state index is 0.157. The van der Waals surface area contributed by atoms with Gasteiger partial charge in [0.1, 0.15) is 5.82 Å². The summed E-state index contributed by atoms with van der Waals surface area (Å²) in [4.78, 5) is 29.0. The zero-order chi connectivity index (χ0) is 24.6. The average molecular weight is 487 g/mol. The van der Waals surface area contributed by atoms with Gasteiger partial charge in [0.15, 0.2) is 0 Å². The van der Waals surface area contributed by atoms with Crippen molar-refractivity contribution in [2.45, 2.75) is 37.9 Å². The van der Waals surface area contributed by atoms with Crippen molar-refractivity contribution in [2.75, 3.05) is 0 Å². The first kappa shape index (κ1) is 24.8. The SMILES string of the molecule is C#CP(=O)(O)C(C(=O)O)(c1c(-c2ccc(F)cc2)cc(-c2cccs2)nc1C(C)C)C(C)O. The number of aliphatic hydroxyl groups is 1. The van der Waals surface area contributed by atoms with Crippen molar-refractivity contribution in [1.29, 1.82) is 0 Å². The first-order chi connectivity index (χ1) is 15.5. The van der Waals surface area contributed by atoms with Crippen LogP contribution in [0, 0.1) is 17.9 Å². The molecule has 0 saturated carbocycles. The Hall–Kier alpha value is -2.82. The largest absolute Gasteiger partial charge is 0.480 e. The molecular weight excluding hydrogens is 464 g/mol. The van der Waals surface area contributed by atoms with E-state index < -0.39 is 36.3 Å². The number of nitrogens with zero attached hydrogens (tertiary/aromatic N) is 1. The minimum Gasteiger partial charge on any atom is -0.480 e. The predicted molar refractivity (Wildman–Crippen MR) is 127 cm³/mol. The number of hydrogen-bond donors (Lipinski definition) is 3. The molecule has 9 heteroatoms. The summed E-state index contributed by atoms with van der Waals surface area (Å²) in [7, 11) is -4.98. The fraction of sp³-hybridized carbons (Fsp3) is 0.250. The van der Waals surface area contributed by atoms with Gasteiger partial charge in [0, 0.05) is 11.3 Å². The summed E-state index contributed by atoms with van der Waals surface area (Å²) >= 11 is 1.41. The van der Waals surface area contributed by atoms with E-state index in [0.717, 1.165) is 11.8 Å². The van der Waals surface area contributed by atoms with Crippen LogP contribution in [0.5, 0.6) is 0 Å². The van der Waals surface area contributed by atoms with Crippen LogP contribution in [0.15, 0.2) is 47.8 Å². The summed E-state index contributed by atoms with van der Waals surface area (Å²) in [6, 6.07) is 10.5. The number of halogens is 1. The zero-order valence-electron chi connectivity index (χ0n) is 18.2. The van der Waals surface area contributed by atoms with Gasteiger partial charge in [-0.25, -0.2) is 4.39 Å². The van der Waals surface area contributed by atoms with E-state index in [9.17, 15) is 28.9 Å². The normalized spacial score (nSPS) is 15.9. The van der Waals surface area contributed by atoms with Gasteiger partial charge >= 0.3 is 5.97 Å². The third-order valence-corrected chi connectivity index (χ3v) is 8.48. The molecule has 2 heterocycles. The average Bonchev–Trinajstić information content (AvgIpc) is 3.29. The summed E-state index contributed by atoms with van der Waals surface area (Å²) in [5.41, 5.74) is 2.89. The second-order valence-corrected chi connectivity index (χ2v) is 11.0. The molecule has 0 aliphatic rings. The number of terminal acetylenes is 1. The quantitative estimate of drug-likeness (QED) is 0.310. The molecule has 2 aromatic heterocycles. The summed E-state index contributed by atoms with van der Waals surface area (Å²) < 4.78 is 27.0. The molecule has 0 aliphatic heterocycles. The Kier molecular flexibility index (Phi) is 6.92. The van der Waals surface area contributed by atoms with Crippen LogP contribution in [0.1, 0.15) is 37.9 Å². The minimum atomic E-state index is -4.98. The molecule has 0 radical (unpaired) electrons. The van der Waals surface area contributed by atoms with Crippen molar-refractivity contribution in [3.63, 3.8) is 0 Å². The molecule has 33 heavy (non-hydrogen) atoms. The molecule has 3 rings (SSSR count). The lowest BCUT2D eigenvalue weighted by atomic mass is 9.82. The number of aliphatic carboxylic acids is 1. The van der Waals surface area contributed by atoms with Crippen molar-refractivity contribution in [3.8, 4) is 33.8 Å². The van der Waals surface area contributed by atoms with Crippen LogP contribution < -0.4 is 0 Å². The molecule has 3 unspecified atom stereocenters. The third-order valence-electron chi connectivity index (χ3n) is 5.49. The number of aliphatic hydroxyl groups excluding tert-OH is 1. The number of thiophene rings is 1. The van der Waals surface area contributed by atoms with Gasteiger partial charge in [-0.1, -0.05) is 32.0 Å². The van der Waals surface area contributed by atoms with E-state index in [-0.39, 0.29) is 16.8 Å². The van der Waals surface area contributed by atoms with Gasteiger partial charge in [0.25, 0.3) is 7.37 Å². The standard InChI is InChI=1S/C24H23FNO5PS/c1-5-32(30,31)24(15(4)27,23(28)29)21-18(16-8-10-17(25)11-9-16)13-19(20-7-6-12-33-20)26-22(21)14(2)3/h1,6-15,27H,2-4H3,(H,28,29)(H,30,31). The highest BCUT2D eigenvalue weighted by Gasteiger charge is 2.61. The van der Waals surface area contributed by atoms with Crippen LogP contribution >= 0.6 is 18.7 Å². The van der Waals surface area contributed by atoms with E-state index in [0.29, 0.717) is 11.3 Å². The summed E-state index contributed by atoms with van der Waals surface area (Å²) in [6.07, 6.45) is 3.49. The molecule has 0 aliphatic carbocycles. The number of carboxylic acids is 1. The second-order valence-electron chi connectivity index (χ2n) is 7.91. The Bertz CT molecular complexity index is 1270. The smallest absolute Gasteiger partial charge is 0.327 e. The molecule has 0 fully saturated rings. The van der Waals surface area contributed by atoms with Gasteiger partial charge in [-0.3, -0.25) is 14.3 Å². The Morgan fingerprint density at radius 1 is 1.24 bits per heavy atom. The molecule has 172 valence electrons. The highest BCUT2D eigenvalue weighted by molar-refractivity contribution is 7.65. The summed E-state index contributed by atoms with van der Waals surface area (Å²) in [5, 5.41) is 20.1. The molecule has 6 nitrogen and oxygen atoms in total. The summed E-state index contributed by atoms with van der Waals surface area (Å²) in [5.74, 6) is -2.67. The lowest BCUT2D eigenvalue weighted by Crippen LogP contribution is -2.46. The Labute approximate surface area is 195 Å². The van der Waals surface area contributed by atoms with Gasteiger partial charge in [-0.2, -0.15) is 0 Å². The predicted octanol–water partition coefficient (Wildman–Crippen LogP) is 5.26. The van der Waals surface area contributed by atoms with Crippen molar-refractivity contribution in [2.24, 2.45) is 0 Å². The Morgan fingerprint density at radius 2 is 1.88 bits per heavy atom. The Morgan fingerprint density at radius 3 is 2.33 bits per heavy atom. The first-order valence-electron chi connectivity index (χ1n) is 10.0.